The second-order valence-electron chi connectivity index (χ2n) is 7.38. The van der Waals surface area contributed by atoms with E-state index in [0.29, 0.717) is 12.8 Å². The van der Waals surface area contributed by atoms with Crippen LogP contribution in [0.4, 0.5) is 9.18 Å². The van der Waals surface area contributed by atoms with Gasteiger partial charge in [-0.2, -0.15) is 0 Å². The van der Waals surface area contributed by atoms with E-state index in [1.807, 2.05) is 37.3 Å². The highest BCUT2D eigenvalue weighted by molar-refractivity contribution is 5.67. The normalized spacial score (nSPS) is 24.0. The van der Waals surface area contributed by atoms with Crippen molar-refractivity contribution < 1.29 is 13.9 Å². The molecule has 26 heavy (non-hydrogen) atoms. The minimum Gasteiger partial charge on any atom is -0.445 e. The van der Waals surface area contributed by atoms with Gasteiger partial charge >= 0.3 is 6.09 Å². The molecule has 6 heteroatoms. The number of hydrogen-bond acceptors (Lipinski definition) is 3. The first-order valence-electron chi connectivity index (χ1n) is 9.10. The highest BCUT2D eigenvalue weighted by Gasteiger charge is 2.37. The van der Waals surface area contributed by atoms with Gasteiger partial charge in [0.05, 0.1) is 17.9 Å². The Bertz CT molecular complexity index is 730. The molecule has 1 aliphatic rings. The van der Waals surface area contributed by atoms with Crippen LogP contribution in [0.3, 0.4) is 0 Å². The Labute approximate surface area is 153 Å². The standard InChI is InChI=1S/C20H26FN3O2/c1-14-22-12-17(23-14)18(16-9-6-10-20(2,21)11-16)24-19(25)26-13-15-7-4-3-5-8-15/h3-5,7-8,12,16,18H,6,9-11,13H2,1-2H3,(H,22,23)(H,24,25). The largest absolute Gasteiger partial charge is 0.445 e. The first-order valence-corrected chi connectivity index (χ1v) is 9.10. The number of aromatic amines is 1. The fraction of sp³-hybridized carbons (Fsp3) is 0.500. The van der Waals surface area contributed by atoms with Crippen molar-refractivity contribution in [3.8, 4) is 0 Å². The fourth-order valence-electron chi connectivity index (χ4n) is 3.71. The molecule has 1 heterocycles. The van der Waals surface area contributed by atoms with Gasteiger partial charge in [0, 0.05) is 0 Å². The molecule has 0 radical (unpaired) electrons. The van der Waals surface area contributed by atoms with Gasteiger partial charge in [-0.25, -0.2) is 14.2 Å². The number of nitrogens with zero attached hydrogens (tertiary/aromatic N) is 1. The van der Waals surface area contributed by atoms with Gasteiger partial charge in [0.15, 0.2) is 0 Å². The van der Waals surface area contributed by atoms with E-state index in [1.54, 1.807) is 13.1 Å². The predicted octanol–water partition coefficient (Wildman–Crippen LogP) is 4.60. The van der Waals surface area contributed by atoms with Gasteiger partial charge in [0.1, 0.15) is 18.1 Å². The summed E-state index contributed by atoms with van der Waals surface area (Å²) in [5, 5.41) is 2.93. The first-order chi connectivity index (χ1) is 12.4. The molecule has 140 valence electrons. The summed E-state index contributed by atoms with van der Waals surface area (Å²) >= 11 is 0. The fourth-order valence-corrected chi connectivity index (χ4v) is 3.71. The molecular weight excluding hydrogens is 333 g/mol. The molecule has 3 rings (SSSR count). The number of ether oxygens (including phenoxy) is 1. The quantitative estimate of drug-likeness (QED) is 0.819. The van der Waals surface area contributed by atoms with Gasteiger partial charge in [-0.1, -0.05) is 30.3 Å². The highest BCUT2D eigenvalue weighted by Crippen LogP contribution is 2.40. The van der Waals surface area contributed by atoms with Crippen LogP contribution in [0, 0.1) is 12.8 Å². The summed E-state index contributed by atoms with van der Waals surface area (Å²) in [6.07, 6.45) is 3.85. The number of imidazole rings is 1. The van der Waals surface area contributed by atoms with E-state index in [9.17, 15) is 9.18 Å². The lowest BCUT2D eigenvalue weighted by atomic mass is 9.76. The molecule has 0 saturated heterocycles. The topological polar surface area (TPSA) is 67.0 Å². The van der Waals surface area contributed by atoms with E-state index in [0.717, 1.165) is 29.9 Å². The Morgan fingerprint density at radius 3 is 2.88 bits per heavy atom. The Hall–Kier alpha value is -2.37. The molecular formula is C20H26FN3O2. The minimum absolute atomic E-state index is 0.00266. The van der Waals surface area contributed by atoms with Crippen molar-refractivity contribution in [2.45, 2.75) is 57.8 Å². The van der Waals surface area contributed by atoms with Gasteiger partial charge in [-0.3, -0.25) is 0 Å². The number of aromatic nitrogens is 2. The smallest absolute Gasteiger partial charge is 0.408 e. The minimum atomic E-state index is -1.20. The molecule has 1 amide bonds. The second-order valence-corrected chi connectivity index (χ2v) is 7.38. The van der Waals surface area contributed by atoms with Crippen molar-refractivity contribution >= 4 is 6.09 Å². The molecule has 1 aromatic carbocycles. The second kappa shape index (κ2) is 7.89. The molecule has 3 atom stereocenters. The van der Waals surface area contributed by atoms with Crippen molar-refractivity contribution in [1.82, 2.24) is 15.3 Å². The Balaban J connectivity index is 1.68. The summed E-state index contributed by atoms with van der Waals surface area (Å²) in [5.74, 6) is 0.770. The molecule has 5 nitrogen and oxygen atoms in total. The van der Waals surface area contributed by atoms with Gasteiger partial charge in [-0.15, -0.1) is 0 Å². The maximum Gasteiger partial charge on any atom is 0.408 e. The monoisotopic (exact) mass is 359 g/mol. The zero-order valence-corrected chi connectivity index (χ0v) is 15.3. The molecule has 0 aliphatic heterocycles. The molecule has 1 aromatic heterocycles. The van der Waals surface area contributed by atoms with Crippen LogP contribution in [0.5, 0.6) is 0 Å². The summed E-state index contributed by atoms with van der Waals surface area (Å²) in [6, 6.07) is 9.18. The molecule has 0 bridgehead atoms. The average Bonchev–Trinajstić information content (AvgIpc) is 3.04. The number of alkyl halides is 1. The van der Waals surface area contributed by atoms with Gasteiger partial charge in [-0.05, 0) is 51.0 Å². The SMILES string of the molecule is Cc1ncc(C(NC(=O)OCc2ccccc2)C2CCCC(C)(F)C2)[nH]1. The van der Waals surface area contributed by atoms with Crippen LogP contribution >= 0.6 is 0 Å². The number of aryl methyl sites for hydroxylation is 1. The third-order valence-corrected chi connectivity index (χ3v) is 4.98. The van der Waals surface area contributed by atoms with Crippen LogP contribution < -0.4 is 5.32 Å². The molecule has 1 saturated carbocycles. The summed E-state index contributed by atoms with van der Waals surface area (Å²) in [5.41, 5.74) is 0.513. The van der Waals surface area contributed by atoms with Crippen molar-refractivity contribution in [2.75, 3.05) is 0 Å². The third kappa shape index (κ3) is 4.84. The van der Waals surface area contributed by atoms with E-state index in [2.05, 4.69) is 15.3 Å². The predicted molar refractivity (Wildman–Crippen MR) is 97.3 cm³/mol. The number of rotatable bonds is 5. The van der Waals surface area contributed by atoms with Gasteiger partial charge in [0.2, 0.25) is 0 Å². The van der Waals surface area contributed by atoms with Crippen molar-refractivity contribution in [3.63, 3.8) is 0 Å². The van der Waals surface area contributed by atoms with Crippen molar-refractivity contribution in [1.29, 1.82) is 0 Å². The van der Waals surface area contributed by atoms with Crippen LogP contribution in [0.15, 0.2) is 36.5 Å². The molecule has 3 unspecified atom stereocenters. The average molecular weight is 359 g/mol. The van der Waals surface area contributed by atoms with E-state index in [4.69, 9.17) is 4.74 Å². The highest BCUT2D eigenvalue weighted by atomic mass is 19.1. The number of halogens is 1. The maximum atomic E-state index is 14.5. The number of hydrogen-bond donors (Lipinski definition) is 2. The summed E-state index contributed by atoms with van der Waals surface area (Å²) < 4.78 is 19.9. The lowest BCUT2D eigenvalue weighted by molar-refractivity contribution is 0.0727. The number of amides is 1. The van der Waals surface area contributed by atoms with Crippen LogP contribution in [0.1, 0.15) is 55.7 Å². The molecule has 1 aliphatic carbocycles. The van der Waals surface area contributed by atoms with E-state index in [-0.39, 0.29) is 18.6 Å². The third-order valence-electron chi connectivity index (χ3n) is 4.98. The number of nitrogens with one attached hydrogen (secondary N) is 2. The molecule has 2 aromatic rings. The number of benzene rings is 1. The zero-order valence-electron chi connectivity index (χ0n) is 15.3. The van der Waals surface area contributed by atoms with Gasteiger partial charge < -0.3 is 15.0 Å². The van der Waals surface area contributed by atoms with E-state index in [1.165, 1.54) is 0 Å². The number of H-pyrrole nitrogens is 1. The molecule has 1 fully saturated rings. The Morgan fingerprint density at radius 1 is 1.46 bits per heavy atom. The lowest BCUT2D eigenvalue weighted by Gasteiger charge is -2.36. The maximum absolute atomic E-state index is 14.5. The molecule has 0 spiro atoms. The number of alkyl carbamates (subject to hydrolysis) is 1. The summed E-state index contributed by atoms with van der Waals surface area (Å²) in [4.78, 5) is 19.8. The number of carbonyl (C=O) groups is 1. The Kier molecular flexibility index (Phi) is 5.59. The van der Waals surface area contributed by atoms with Crippen LogP contribution in [-0.4, -0.2) is 21.7 Å². The lowest BCUT2D eigenvalue weighted by Crippen LogP contribution is -2.39. The van der Waals surface area contributed by atoms with Crippen molar-refractivity contribution in [3.05, 3.63) is 53.6 Å². The van der Waals surface area contributed by atoms with E-state index >= 15 is 0 Å². The van der Waals surface area contributed by atoms with Crippen molar-refractivity contribution in [2.24, 2.45) is 5.92 Å². The van der Waals surface area contributed by atoms with Crippen LogP contribution in [-0.2, 0) is 11.3 Å². The number of carbonyl (C=O) groups excluding carboxylic acids is 1. The summed E-state index contributed by atoms with van der Waals surface area (Å²) in [7, 11) is 0. The van der Waals surface area contributed by atoms with Crippen LogP contribution in [0.2, 0.25) is 0 Å². The van der Waals surface area contributed by atoms with Crippen LogP contribution in [0.25, 0.3) is 0 Å². The zero-order chi connectivity index (χ0) is 18.6. The first kappa shape index (κ1) is 18.4. The van der Waals surface area contributed by atoms with E-state index < -0.39 is 11.8 Å². The molecule has 2 N–H and O–H groups in total. The van der Waals surface area contributed by atoms with Gasteiger partial charge in [0.25, 0.3) is 0 Å². The summed E-state index contributed by atoms with van der Waals surface area (Å²) in [6.45, 7) is 3.70. The Morgan fingerprint density at radius 2 is 2.23 bits per heavy atom.